The molecule has 4 heteroatoms. The number of alkyl halides is 1. The summed E-state index contributed by atoms with van der Waals surface area (Å²) in [5.41, 5.74) is 0.542. The van der Waals surface area contributed by atoms with Crippen LogP contribution in [-0.4, -0.2) is 19.6 Å². The van der Waals surface area contributed by atoms with Crippen molar-refractivity contribution in [3.8, 4) is 17.6 Å². The van der Waals surface area contributed by atoms with Gasteiger partial charge < -0.3 is 9.47 Å². The summed E-state index contributed by atoms with van der Waals surface area (Å²) in [6.07, 6.45) is 3.02. The molecule has 0 fully saturated rings. The van der Waals surface area contributed by atoms with Gasteiger partial charge in [-0.1, -0.05) is 0 Å². The highest BCUT2D eigenvalue weighted by Gasteiger charge is 2.01. The maximum Gasteiger partial charge on any atom is 0.124 e. The van der Waals surface area contributed by atoms with Crippen LogP contribution in [0.25, 0.3) is 0 Å². The highest BCUT2D eigenvalue weighted by Crippen LogP contribution is 2.22. The van der Waals surface area contributed by atoms with E-state index in [4.69, 9.17) is 26.3 Å². The summed E-state index contributed by atoms with van der Waals surface area (Å²) in [4.78, 5) is 0. The van der Waals surface area contributed by atoms with Gasteiger partial charge in [-0.2, -0.15) is 5.26 Å². The normalized spacial score (nSPS) is 9.71. The van der Waals surface area contributed by atoms with Crippen molar-refractivity contribution < 1.29 is 9.47 Å². The van der Waals surface area contributed by atoms with Gasteiger partial charge in [0.25, 0.3) is 0 Å². The molecule has 0 heterocycles. The van der Waals surface area contributed by atoms with Crippen LogP contribution in [0.15, 0.2) is 18.2 Å². The summed E-state index contributed by atoms with van der Waals surface area (Å²) in [6, 6.07) is 7.25. The van der Waals surface area contributed by atoms with Crippen molar-refractivity contribution in [2.45, 2.75) is 19.3 Å². The van der Waals surface area contributed by atoms with Gasteiger partial charge in [-0.05, 0) is 31.4 Å². The van der Waals surface area contributed by atoms with Crippen molar-refractivity contribution in [1.82, 2.24) is 0 Å². The molecule has 0 saturated carbocycles. The van der Waals surface area contributed by atoms with E-state index < -0.39 is 0 Å². The van der Waals surface area contributed by atoms with Gasteiger partial charge in [0.15, 0.2) is 0 Å². The van der Waals surface area contributed by atoms with E-state index in [0.717, 1.165) is 19.3 Å². The van der Waals surface area contributed by atoms with Crippen LogP contribution in [0, 0.1) is 11.3 Å². The first-order valence-electron chi connectivity index (χ1n) is 5.58. The predicted molar refractivity (Wildman–Crippen MR) is 67.8 cm³/mol. The molecule has 0 amide bonds. The lowest BCUT2D eigenvalue weighted by molar-refractivity contribution is 0.304. The fourth-order valence-electron chi connectivity index (χ4n) is 1.40. The molecule has 3 nitrogen and oxygen atoms in total. The van der Waals surface area contributed by atoms with Crippen molar-refractivity contribution in [1.29, 1.82) is 5.26 Å². The number of unbranched alkanes of at least 4 members (excludes halogenated alkanes) is 2. The fraction of sp³-hybridized carbons (Fsp3) is 0.462. The summed E-state index contributed by atoms with van der Waals surface area (Å²) >= 11 is 5.58. The fourth-order valence-corrected chi connectivity index (χ4v) is 1.59. The predicted octanol–water partition coefficient (Wildman–Crippen LogP) is 3.35. The van der Waals surface area contributed by atoms with E-state index in [1.807, 2.05) is 0 Å². The molecule has 0 atom stereocenters. The summed E-state index contributed by atoms with van der Waals surface area (Å²) in [5.74, 6) is 2.00. The number of hydrogen-bond donors (Lipinski definition) is 0. The van der Waals surface area contributed by atoms with E-state index in [0.29, 0.717) is 29.5 Å². The van der Waals surface area contributed by atoms with Crippen LogP contribution < -0.4 is 9.47 Å². The molecule has 0 radical (unpaired) electrons. The third kappa shape index (κ3) is 4.97. The molecular formula is C13H16ClNO2. The number of hydrogen-bond acceptors (Lipinski definition) is 3. The average molecular weight is 254 g/mol. The van der Waals surface area contributed by atoms with Gasteiger partial charge in [-0.15, -0.1) is 11.6 Å². The summed E-state index contributed by atoms with van der Waals surface area (Å²) in [7, 11) is 1.57. The third-order valence-corrected chi connectivity index (χ3v) is 2.56. The molecule has 0 aliphatic carbocycles. The first kappa shape index (κ1) is 13.7. The van der Waals surface area contributed by atoms with Crippen LogP contribution >= 0.6 is 11.6 Å². The molecule has 0 N–H and O–H groups in total. The van der Waals surface area contributed by atoms with Crippen LogP contribution in [0.1, 0.15) is 24.8 Å². The van der Waals surface area contributed by atoms with Crippen molar-refractivity contribution in [3.63, 3.8) is 0 Å². The van der Waals surface area contributed by atoms with Gasteiger partial charge in [0.1, 0.15) is 11.5 Å². The molecule has 0 aromatic heterocycles. The topological polar surface area (TPSA) is 42.2 Å². The lowest BCUT2D eigenvalue weighted by Crippen LogP contribution is -1.98. The zero-order chi connectivity index (χ0) is 12.5. The first-order chi connectivity index (χ1) is 8.30. The smallest absolute Gasteiger partial charge is 0.124 e. The SMILES string of the molecule is COc1cc(C#N)cc(OCCCCCCl)c1. The summed E-state index contributed by atoms with van der Waals surface area (Å²) in [6.45, 7) is 0.634. The van der Waals surface area contributed by atoms with Gasteiger partial charge in [-0.25, -0.2) is 0 Å². The van der Waals surface area contributed by atoms with Crippen LogP contribution in [0.5, 0.6) is 11.5 Å². The third-order valence-electron chi connectivity index (χ3n) is 2.29. The molecule has 1 aromatic rings. The number of halogens is 1. The Hall–Kier alpha value is -1.40. The van der Waals surface area contributed by atoms with Gasteiger partial charge in [-0.3, -0.25) is 0 Å². The minimum absolute atomic E-state index is 0.542. The Labute approximate surface area is 107 Å². The van der Waals surface area contributed by atoms with Crippen LogP contribution in [0.3, 0.4) is 0 Å². The molecule has 92 valence electrons. The number of methoxy groups -OCH3 is 1. The molecule has 0 bridgehead atoms. The highest BCUT2D eigenvalue weighted by atomic mass is 35.5. The molecular weight excluding hydrogens is 238 g/mol. The average Bonchev–Trinajstić information content (AvgIpc) is 2.38. The van der Waals surface area contributed by atoms with Crippen molar-refractivity contribution in [3.05, 3.63) is 23.8 Å². The molecule has 0 aliphatic heterocycles. The number of rotatable bonds is 7. The number of ether oxygens (including phenoxy) is 2. The summed E-state index contributed by atoms with van der Waals surface area (Å²) < 4.78 is 10.7. The van der Waals surface area contributed by atoms with Gasteiger partial charge in [0.2, 0.25) is 0 Å². The Morgan fingerprint density at radius 3 is 2.59 bits per heavy atom. The zero-order valence-electron chi connectivity index (χ0n) is 9.91. The van der Waals surface area contributed by atoms with Gasteiger partial charge in [0, 0.05) is 11.9 Å². The Balaban J connectivity index is 2.50. The monoisotopic (exact) mass is 253 g/mol. The van der Waals surface area contributed by atoms with Gasteiger partial charge in [0.05, 0.1) is 25.3 Å². The van der Waals surface area contributed by atoms with E-state index in [1.165, 1.54) is 0 Å². The number of benzene rings is 1. The largest absolute Gasteiger partial charge is 0.497 e. The van der Waals surface area contributed by atoms with E-state index >= 15 is 0 Å². The second-order valence-electron chi connectivity index (χ2n) is 3.61. The van der Waals surface area contributed by atoms with Gasteiger partial charge >= 0.3 is 0 Å². The minimum atomic E-state index is 0.542. The lowest BCUT2D eigenvalue weighted by Gasteiger charge is -2.08. The standard InChI is InChI=1S/C13H16ClNO2/c1-16-12-7-11(10-15)8-13(9-12)17-6-4-2-3-5-14/h7-9H,2-6H2,1H3. The van der Waals surface area contributed by atoms with Crippen molar-refractivity contribution >= 4 is 11.6 Å². The maximum atomic E-state index is 8.85. The van der Waals surface area contributed by atoms with E-state index in [9.17, 15) is 0 Å². The Bertz CT molecular complexity index is 387. The molecule has 1 rings (SSSR count). The van der Waals surface area contributed by atoms with Crippen LogP contribution in [-0.2, 0) is 0 Å². The molecule has 1 aromatic carbocycles. The van der Waals surface area contributed by atoms with E-state index in [2.05, 4.69) is 6.07 Å². The highest BCUT2D eigenvalue weighted by molar-refractivity contribution is 6.17. The zero-order valence-corrected chi connectivity index (χ0v) is 10.7. The Morgan fingerprint density at radius 1 is 1.18 bits per heavy atom. The van der Waals surface area contributed by atoms with Crippen molar-refractivity contribution in [2.75, 3.05) is 19.6 Å². The van der Waals surface area contributed by atoms with Crippen LogP contribution in [0.4, 0.5) is 0 Å². The van der Waals surface area contributed by atoms with E-state index in [-0.39, 0.29) is 0 Å². The maximum absolute atomic E-state index is 8.85. The van der Waals surface area contributed by atoms with Crippen LogP contribution in [0.2, 0.25) is 0 Å². The first-order valence-corrected chi connectivity index (χ1v) is 6.11. The number of nitrogens with zero attached hydrogens (tertiary/aromatic N) is 1. The summed E-state index contributed by atoms with van der Waals surface area (Å²) in [5, 5.41) is 8.85. The number of nitriles is 1. The lowest BCUT2D eigenvalue weighted by atomic mass is 10.2. The Kier molecular flexibility index (Phi) is 6.27. The quantitative estimate of drug-likeness (QED) is 0.553. The minimum Gasteiger partial charge on any atom is -0.497 e. The molecule has 0 spiro atoms. The second kappa shape index (κ2) is 7.81. The molecule has 0 saturated heterocycles. The molecule has 0 unspecified atom stereocenters. The second-order valence-corrected chi connectivity index (χ2v) is 3.99. The molecule has 0 aliphatic rings. The molecule has 17 heavy (non-hydrogen) atoms. The van der Waals surface area contributed by atoms with E-state index in [1.54, 1.807) is 25.3 Å². The Morgan fingerprint density at radius 2 is 1.94 bits per heavy atom. The van der Waals surface area contributed by atoms with Crippen molar-refractivity contribution in [2.24, 2.45) is 0 Å².